The molecule has 1 aromatic rings. The lowest BCUT2D eigenvalue weighted by Crippen LogP contribution is -2.34. The van der Waals surface area contributed by atoms with Crippen LogP contribution in [0, 0.1) is 5.92 Å². The molecule has 110 valence electrons. The molecule has 0 aromatic carbocycles. The summed E-state index contributed by atoms with van der Waals surface area (Å²) in [6.07, 6.45) is 7.26. The highest BCUT2D eigenvalue weighted by Gasteiger charge is 2.15. The monoisotopic (exact) mass is 267 g/mol. The van der Waals surface area contributed by atoms with E-state index in [4.69, 9.17) is 4.74 Å². The van der Waals surface area contributed by atoms with Gasteiger partial charge in [-0.1, -0.05) is 20.8 Å². The van der Waals surface area contributed by atoms with Crippen molar-refractivity contribution < 1.29 is 4.74 Å². The van der Waals surface area contributed by atoms with E-state index in [1.165, 1.54) is 5.82 Å². The minimum atomic E-state index is 0.480. The predicted octanol–water partition coefficient (Wildman–Crippen LogP) is 2.49. The van der Waals surface area contributed by atoms with Gasteiger partial charge in [0.25, 0.3) is 0 Å². The van der Waals surface area contributed by atoms with E-state index in [0.717, 1.165) is 39.0 Å². The van der Waals surface area contributed by atoms with Crippen molar-refractivity contribution in [2.45, 2.75) is 52.6 Å². The third-order valence-electron chi connectivity index (χ3n) is 3.33. The zero-order chi connectivity index (χ0) is 14.1. The fraction of sp³-hybridized carbons (Fsp3) is 0.800. The van der Waals surface area contributed by atoms with Gasteiger partial charge in [0.2, 0.25) is 0 Å². The molecular formula is C15H29N3O. The van der Waals surface area contributed by atoms with E-state index >= 15 is 0 Å². The molecule has 0 fully saturated rings. The zero-order valence-corrected chi connectivity index (χ0v) is 12.9. The molecule has 1 rings (SSSR count). The Balaban J connectivity index is 2.58. The van der Waals surface area contributed by atoms with Gasteiger partial charge >= 0.3 is 0 Å². The van der Waals surface area contributed by atoms with E-state index in [0.29, 0.717) is 12.0 Å². The largest absolute Gasteiger partial charge is 0.384 e. The molecule has 2 unspecified atom stereocenters. The van der Waals surface area contributed by atoms with Crippen molar-refractivity contribution in [3.05, 3.63) is 18.2 Å². The van der Waals surface area contributed by atoms with Gasteiger partial charge in [0.05, 0.1) is 0 Å². The maximum Gasteiger partial charge on any atom is 0.110 e. The minimum absolute atomic E-state index is 0.480. The molecule has 0 bridgehead atoms. The van der Waals surface area contributed by atoms with Crippen LogP contribution in [0.2, 0.25) is 0 Å². The van der Waals surface area contributed by atoms with Gasteiger partial charge in [0.1, 0.15) is 5.82 Å². The summed E-state index contributed by atoms with van der Waals surface area (Å²) in [5.41, 5.74) is 0. The lowest BCUT2D eigenvalue weighted by molar-refractivity contribution is 0.149. The van der Waals surface area contributed by atoms with Crippen LogP contribution >= 0.6 is 0 Å². The predicted molar refractivity (Wildman–Crippen MR) is 79.3 cm³/mol. The number of likely N-dealkylation sites (N-methyl/N-ethyl adjacent to an activating group) is 1. The second-order valence-corrected chi connectivity index (χ2v) is 5.29. The van der Waals surface area contributed by atoms with E-state index in [1.807, 2.05) is 6.20 Å². The summed E-state index contributed by atoms with van der Waals surface area (Å²) in [7, 11) is 1.77. The van der Waals surface area contributed by atoms with Crippen LogP contribution in [0.5, 0.6) is 0 Å². The molecule has 2 atom stereocenters. The molecule has 0 saturated carbocycles. The first-order valence-corrected chi connectivity index (χ1v) is 7.43. The maximum absolute atomic E-state index is 5.23. The Bertz CT molecular complexity index is 338. The molecule has 0 radical (unpaired) electrons. The van der Waals surface area contributed by atoms with Gasteiger partial charge in [-0.3, -0.25) is 0 Å². The molecule has 1 heterocycles. The third kappa shape index (κ3) is 5.74. The molecule has 0 aliphatic rings. The number of nitrogens with zero attached hydrogens (tertiary/aromatic N) is 2. The Morgan fingerprint density at radius 2 is 2.21 bits per heavy atom. The summed E-state index contributed by atoms with van der Waals surface area (Å²) in [6, 6.07) is 0.480. The van der Waals surface area contributed by atoms with Crippen LogP contribution in [0.15, 0.2) is 12.4 Å². The normalized spacial score (nSPS) is 14.5. The number of hydrogen-bond acceptors (Lipinski definition) is 3. The highest BCUT2D eigenvalue weighted by molar-refractivity contribution is 4.96. The van der Waals surface area contributed by atoms with Gasteiger partial charge in [-0.25, -0.2) is 4.98 Å². The molecule has 0 saturated heterocycles. The summed E-state index contributed by atoms with van der Waals surface area (Å²) in [4.78, 5) is 4.50. The highest BCUT2D eigenvalue weighted by Crippen LogP contribution is 2.11. The summed E-state index contributed by atoms with van der Waals surface area (Å²) in [5.74, 6) is 1.76. The quantitative estimate of drug-likeness (QED) is 0.708. The van der Waals surface area contributed by atoms with E-state index in [-0.39, 0.29) is 0 Å². The molecule has 0 amide bonds. The Kier molecular flexibility index (Phi) is 7.75. The molecule has 0 spiro atoms. The number of hydrogen-bond donors (Lipinski definition) is 1. The third-order valence-corrected chi connectivity index (χ3v) is 3.33. The topological polar surface area (TPSA) is 39.1 Å². The molecule has 19 heavy (non-hydrogen) atoms. The summed E-state index contributed by atoms with van der Waals surface area (Å²) in [5, 5.41) is 3.57. The molecule has 0 aliphatic carbocycles. The second kappa shape index (κ2) is 9.10. The van der Waals surface area contributed by atoms with E-state index in [9.17, 15) is 0 Å². The number of aromatic nitrogens is 2. The van der Waals surface area contributed by atoms with Crippen LogP contribution < -0.4 is 5.32 Å². The summed E-state index contributed by atoms with van der Waals surface area (Å²) >= 11 is 0. The maximum atomic E-state index is 5.23. The van der Waals surface area contributed by atoms with Crippen LogP contribution in [0.25, 0.3) is 0 Å². The van der Waals surface area contributed by atoms with E-state index in [1.54, 1.807) is 7.11 Å². The number of aryl methyl sites for hydroxylation is 1. The first-order valence-electron chi connectivity index (χ1n) is 7.43. The number of rotatable bonds is 10. The smallest absolute Gasteiger partial charge is 0.110 e. The first kappa shape index (κ1) is 16.2. The molecule has 4 nitrogen and oxygen atoms in total. The standard InChI is InChI=1S/C15H29N3O/c1-5-8-18-9-7-17-15(18)11-14(16-6-2)10-13(3)12-19-4/h7,9,13-14,16H,5-6,8,10-12H2,1-4H3. The van der Waals surface area contributed by atoms with Crippen molar-refractivity contribution in [2.24, 2.45) is 5.92 Å². The van der Waals surface area contributed by atoms with E-state index in [2.05, 4.69) is 41.8 Å². The van der Waals surface area contributed by atoms with Crippen molar-refractivity contribution in [1.29, 1.82) is 0 Å². The lowest BCUT2D eigenvalue weighted by Gasteiger charge is -2.21. The second-order valence-electron chi connectivity index (χ2n) is 5.29. The average Bonchev–Trinajstić information content (AvgIpc) is 2.78. The van der Waals surface area contributed by atoms with Crippen LogP contribution in [0.1, 0.15) is 39.4 Å². The zero-order valence-electron chi connectivity index (χ0n) is 12.9. The summed E-state index contributed by atoms with van der Waals surface area (Å²) in [6.45, 7) is 9.48. The molecule has 1 N–H and O–H groups in total. The Morgan fingerprint density at radius 3 is 2.84 bits per heavy atom. The number of imidazole rings is 1. The molecule has 4 heteroatoms. The van der Waals surface area contributed by atoms with Gasteiger partial charge < -0.3 is 14.6 Å². The van der Waals surface area contributed by atoms with Crippen LogP contribution in [-0.4, -0.2) is 35.9 Å². The van der Waals surface area contributed by atoms with Crippen LogP contribution in [-0.2, 0) is 17.7 Å². The van der Waals surface area contributed by atoms with E-state index < -0.39 is 0 Å². The van der Waals surface area contributed by atoms with Crippen molar-refractivity contribution in [3.63, 3.8) is 0 Å². The van der Waals surface area contributed by atoms with Gasteiger partial charge in [0.15, 0.2) is 0 Å². The van der Waals surface area contributed by atoms with Crippen molar-refractivity contribution >= 4 is 0 Å². The van der Waals surface area contributed by atoms with Gasteiger partial charge in [-0.2, -0.15) is 0 Å². The van der Waals surface area contributed by atoms with Crippen molar-refractivity contribution in [3.8, 4) is 0 Å². The van der Waals surface area contributed by atoms with Crippen molar-refractivity contribution in [2.75, 3.05) is 20.3 Å². The molecule has 1 aromatic heterocycles. The fourth-order valence-electron chi connectivity index (χ4n) is 2.56. The fourth-order valence-corrected chi connectivity index (χ4v) is 2.56. The van der Waals surface area contributed by atoms with Gasteiger partial charge in [0, 0.05) is 45.1 Å². The molecular weight excluding hydrogens is 238 g/mol. The Hall–Kier alpha value is -0.870. The van der Waals surface area contributed by atoms with Crippen LogP contribution in [0.3, 0.4) is 0 Å². The number of ether oxygens (including phenoxy) is 1. The first-order chi connectivity index (χ1) is 9.21. The minimum Gasteiger partial charge on any atom is -0.384 e. The Morgan fingerprint density at radius 1 is 1.42 bits per heavy atom. The number of methoxy groups -OCH3 is 1. The lowest BCUT2D eigenvalue weighted by atomic mass is 9.99. The Labute approximate surface area is 117 Å². The van der Waals surface area contributed by atoms with Gasteiger partial charge in [-0.15, -0.1) is 0 Å². The van der Waals surface area contributed by atoms with Gasteiger partial charge in [-0.05, 0) is 25.3 Å². The molecule has 0 aliphatic heterocycles. The highest BCUT2D eigenvalue weighted by atomic mass is 16.5. The van der Waals surface area contributed by atoms with Crippen molar-refractivity contribution in [1.82, 2.24) is 14.9 Å². The van der Waals surface area contributed by atoms with Crippen LogP contribution in [0.4, 0.5) is 0 Å². The SMILES string of the molecule is CCCn1ccnc1CC(CC(C)COC)NCC. The number of nitrogens with one attached hydrogen (secondary N) is 1. The summed E-state index contributed by atoms with van der Waals surface area (Å²) < 4.78 is 7.50. The average molecular weight is 267 g/mol.